The zero-order valence-electron chi connectivity index (χ0n) is 10.3. The van der Waals surface area contributed by atoms with Gasteiger partial charge in [-0.1, -0.05) is 0 Å². The van der Waals surface area contributed by atoms with Gasteiger partial charge >= 0.3 is 0 Å². The number of imidazole rings is 1. The van der Waals surface area contributed by atoms with Gasteiger partial charge in [-0.05, 0) is 19.4 Å². The number of aromatic nitrogens is 2. The lowest BCUT2D eigenvalue weighted by atomic mass is 10.2. The lowest BCUT2D eigenvalue weighted by Gasteiger charge is -2.24. The van der Waals surface area contributed by atoms with Crippen molar-refractivity contribution in [2.75, 3.05) is 32.8 Å². The SMILES string of the molecule is OCCN(CCn1ccnc1)CC1CCCN1. The minimum absolute atomic E-state index is 0.233. The Morgan fingerprint density at radius 1 is 1.47 bits per heavy atom. The first-order valence-electron chi connectivity index (χ1n) is 6.41. The Hall–Kier alpha value is -0.910. The number of aliphatic hydroxyl groups is 1. The van der Waals surface area contributed by atoms with Crippen LogP contribution < -0.4 is 5.32 Å². The number of rotatable bonds is 7. The number of hydrogen-bond donors (Lipinski definition) is 2. The maximum Gasteiger partial charge on any atom is 0.0946 e. The van der Waals surface area contributed by atoms with E-state index in [2.05, 4.69) is 19.8 Å². The van der Waals surface area contributed by atoms with E-state index in [4.69, 9.17) is 5.11 Å². The molecule has 0 saturated carbocycles. The molecule has 0 aliphatic carbocycles. The van der Waals surface area contributed by atoms with Crippen molar-refractivity contribution in [3.05, 3.63) is 18.7 Å². The number of nitrogens with one attached hydrogen (secondary N) is 1. The summed E-state index contributed by atoms with van der Waals surface area (Å²) in [5.41, 5.74) is 0. The summed E-state index contributed by atoms with van der Waals surface area (Å²) in [5.74, 6) is 0. The predicted molar refractivity (Wildman–Crippen MR) is 66.8 cm³/mol. The van der Waals surface area contributed by atoms with Gasteiger partial charge in [0, 0.05) is 44.6 Å². The molecule has 0 spiro atoms. The van der Waals surface area contributed by atoms with Crippen molar-refractivity contribution in [2.45, 2.75) is 25.4 Å². The minimum Gasteiger partial charge on any atom is -0.395 e. The van der Waals surface area contributed by atoms with Crippen molar-refractivity contribution in [1.29, 1.82) is 0 Å². The molecule has 96 valence electrons. The van der Waals surface area contributed by atoms with E-state index in [1.54, 1.807) is 6.20 Å². The van der Waals surface area contributed by atoms with Crippen LogP contribution in [0.2, 0.25) is 0 Å². The van der Waals surface area contributed by atoms with Crippen LogP contribution in [0.3, 0.4) is 0 Å². The van der Waals surface area contributed by atoms with Gasteiger partial charge < -0.3 is 15.0 Å². The van der Waals surface area contributed by atoms with Crippen LogP contribution in [-0.2, 0) is 6.54 Å². The molecule has 0 bridgehead atoms. The molecule has 1 atom stereocenters. The maximum atomic E-state index is 9.09. The molecule has 0 radical (unpaired) electrons. The quantitative estimate of drug-likeness (QED) is 0.698. The van der Waals surface area contributed by atoms with E-state index in [-0.39, 0.29) is 6.61 Å². The zero-order chi connectivity index (χ0) is 11.9. The Bertz CT molecular complexity index is 295. The van der Waals surface area contributed by atoms with Crippen molar-refractivity contribution >= 4 is 0 Å². The fourth-order valence-corrected chi connectivity index (χ4v) is 2.34. The number of nitrogens with zero attached hydrogens (tertiary/aromatic N) is 3. The summed E-state index contributed by atoms with van der Waals surface area (Å²) in [6, 6.07) is 0.601. The lowest BCUT2D eigenvalue weighted by Crippen LogP contribution is -2.40. The Kier molecular flexibility index (Phi) is 4.97. The normalized spacial score (nSPS) is 20.2. The first-order chi connectivity index (χ1) is 8.38. The Balaban J connectivity index is 1.75. The lowest BCUT2D eigenvalue weighted by molar-refractivity contribution is 0.180. The smallest absolute Gasteiger partial charge is 0.0946 e. The van der Waals surface area contributed by atoms with Crippen molar-refractivity contribution in [1.82, 2.24) is 19.8 Å². The van der Waals surface area contributed by atoms with Crippen molar-refractivity contribution in [3.8, 4) is 0 Å². The molecule has 1 unspecified atom stereocenters. The Morgan fingerprint density at radius 3 is 3.06 bits per heavy atom. The van der Waals surface area contributed by atoms with Crippen molar-refractivity contribution in [3.63, 3.8) is 0 Å². The monoisotopic (exact) mass is 238 g/mol. The van der Waals surface area contributed by atoms with Gasteiger partial charge in [-0.15, -0.1) is 0 Å². The second kappa shape index (κ2) is 6.74. The molecule has 1 saturated heterocycles. The van der Waals surface area contributed by atoms with Crippen LogP contribution in [0, 0.1) is 0 Å². The summed E-state index contributed by atoms with van der Waals surface area (Å²) in [6.07, 6.45) is 8.15. The molecule has 0 aromatic carbocycles. The summed E-state index contributed by atoms with van der Waals surface area (Å²) >= 11 is 0. The van der Waals surface area contributed by atoms with Gasteiger partial charge in [-0.25, -0.2) is 4.98 Å². The fourth-order valence-electron chi connectivity index (χ4n) is 2.34. The third-order valence-electron chi connectivity index (χ3n) is 3.29. The van der Waals surface area contributed by atoms with E-state index < -0.39 is 0 Å². The molecule has 17 heavy (non-hydrogen) atoms. The molecule has 1 aromatic rings. The van der Waals surface area contributed by atoms with Crippen LogP contribution >= 0.6 is 0 Å². The molecule has 1 aliphatic rings. The highest BCUT2D eigenvalue weighted by Crippen LogP contribution is 2.07. The average Bonchev–Trinajstić information content (AvgIpc) is 2.99. The summed E-state index contributed by atoms with van der Waals surface area (Å²) in [7, 11) is 0. The number of aliphatic hydroxyl groups excluding tert-OH is 1. The molecular formula is C12H22N4O. The first-order valence-corrected chi connectivity index (χ1v) is 6.41. The average molecular weight is 238 g/mol. The molecule has 1 aromatic heterocycles. The zero-order valence-corrected chi connectivity index (χ0v) is 10.3. The molecule has 1 fully saturated rings. The number of hydrogen-bond acceptors (Lipinski definition) is 4. The van der Waals surface area contributed by atoms with Crippen molar-refractivity contribution < 1.29 is 5.11 Å². The first kappa shape index (κ1) is 12.5. The minimum atomic E-state index is 0.233. The molecule has 5 heteroatoms. The molecule has 0 amide bonds. The van der Waals surface area contributed by atoms with Gasteiger partial charge in [0.2, 0.25) is 0 Å². The molecule has 2 N–H and O–H groups in total. The van der Waals surface area contributed by atoms with Crippen LogP contribution in [0.1, 0.15) is 12.8 Å². The summed E-state index contributed by atoms with van der Waals surface area (Å²) in [5, 5.41) is 12.6. The highest BCUT2D eigenvalue weighted by atomic mass is 16.3. The fraction of sp³-hybridized carbons (Fsp3) is 0.750. The van der Waals surface area contributed by atoms with Crippen molar-refractivity contribution in [2.24, 2.45) is 0 Å². The van der Waals surface area contributed by atoms with E-state index in [0.717, 1.165) is 32.7 Å². The summed E-state index contributed by atoms with van der Waals surface area (Å²) in [4.78, 5) is 6.35. The summed E-state index contributed by atoms with van der Waals surface area (Å²) < 4.78 is 2.08. The van der Waals surface area contributed by atoms with E-state index in [9.17, 15) is 0 Å². The third-order valence-corrected chi connectivity index (χ3v) is 3.29. The molecular weight excluding hydrogens is 216 g/mol. The highest BCUT2D eigenvalue weighted by Gasteiger charge is 2.17. The second-order valence-electron chi connectivity index (χ2n) is 4.62. The van der Waals surface area contributed by atoms with Gasteiger partial charge in [0.25, 0.3) is 0 Å². The molecule has 2 rings (SSSR count). The molecule has 5 nitrogen and oxygen atoms in total. The standard InChI is InChI=1S/C12H22N4O/c17-9-8-15(10-12-2-1-3-14-12)6-7-16-5-4-13-11-16/h4-5,11-12,14,17H,1-3,6-10H2. The van der Waals surface area contributed by atoms with Crippen LogP contribution in [0.5, 0.6) is 0 Å². The molecule has 1 aliphatic heterocycles. The van der Waals surface area contributed by atoms with Gasteiger partial charge in [-0.2, -0.15) is 0 Å². The van der Waals surface area contributed by atoms with Gasteiger partial charge in [0.1, 0.15) is 0 Å². The highest BCUT2D eigenvalue weighted by molar-refractivity contribution is 4.79. The Morgan fingerprint density at radius 2 is 2.41 bits per heavy atom. The van der Waals surface area contributed by atoms with Crippen LogP contribution in [-0.4, -0.2) is 58.4 Å². The van der Waals surface area contributed by atoms with E-state index in [1.807, 2.05) is 12.5 Å². The third kappa shape index (κ3) is 4.11. The summed E-state index contributed by atoms with van der Waals surface area (Å²) in [6.45, 7) is 5.07. The van der Waals surface area contributed by atoms with E-state index in [1.165, 1.54) is 12.8 Å². The van der Waals surface area contributed by atoms with Gasteiger partial charge in [-0.3, -0.25) is 4.90 Å². The van der Waals surface area contributed by atoms with E-state index in [0.29, 0.717) is 6.04 Å². The largest absolute Gasteiger partial charge is 0.395 e. The van der Waals surface area contributed by atoms with Gasteiger partial charge in [0.15, 0.2) is 0 Å². The van der Waals surface area contributed by atoms with Crippen LogP contribution in [0.4, 0.5) is 0 Å². The van der Waals surface area contributed by atoms with Gasteiger partial charge in [0.05, 0.1) is 12.9 Å². The molecule has 2 heterocycles. The van der Waals surface area contributed by atoms with E-state index >= 15 is 0 Å². The Labute approximate surface area is 102 Å². The predicted octanol–water partition coefficient (Wildman–Crippen LogP) is -0.0706. The van der Waals surface area contributed by atoms with Crippen LogP contribution in [0.25, 0.3) is 0 Å². The maximum absolute atomic E-state index is 9.09. The van der Waals surface area contributed by atoms with Crippen LogP contribution in [0.15, 0.2) is 18.7 Å². The second-order valence-corrected chi connectivity index (χ2v) is 4.62. The topological polar surface area (TPSA) is 53.3 Å².